The minimum absolute atomic E-state index is 0.0810. The number of carbonyl (C=O) groups is 1. The Hall–Kier alpha value is -2.83. The van der Waals surface area contributed by atoms with Gasteiger partial charge in [-0.15, -0.1) is 0 Å². The maximum absolute atomic E-state index is 13.8. The molecule has 7 heteroatoms. The van der Waals surface area contributed by atoms with Gasteiger partial charge in [0.1, 0.15) is 0 Å². The van der Waals surface area contributed by atoms with Gasteiger partial charge >= 0.3 is 0 Å². The lowest BCUT2D eigenvalue weighted by molar-refractivity contribution is 0.0725. The molecule has 0 unspecified atom stereocenters. The Labute approximate surface area is 200 Å². The standard InChI is InChI=1S/C26H27ClN2O3S/c1-20-9-15-23(16-10-20)33(31,32)29(19-21-11-13-22(27)14-12-21)25-8-4-3-7-24(25)26(30)28-17-5-2-6-18-28/h3-4,7-16H,2,5-6,17-19H2,1H3. The largest absolute Gasteiger partial charge is 0.339 e. The highest BCUT2D eigenvalue weighted by Crippen LogP contribution is 2.31. The summed E-state index contributed by atoms with van der Waals surface area (Å²) >= 11 is 6.04. The van der Waals surface area contributed by atoms with Crippen LogP contribution in [0.1, 0.15) is 40.7 Å². The van der Waals surface area contributed by atoms with Gasteiger partial charge in [-0.1, -0.05) is 53.6 Å². The molecule has 0 saturated carbocycles. The smallest absolute Gasteiger partial charge is 0.264 e. The Balaban J connectivity index is 1.80. The van der Waals surface area contributed by atoms with Crippen molar-refractivity contribution in [2.75, 3.05) is 17.4 Å². The summed E-state index contributed by atoms with van der Waals surface area (Å²) in [4.78, 5) is 15.4. The number of carbonyl (C=O) groups excluding carboxylic acids is 1. The van der Waals surface area contributed by atoms with Gasteiger partial charge in [0.25, 0.3) is 15.9 Å². The molecule has 1 amide bonds. The van der Waals surface area contributed by atoms with Gasteiger partial charge < -0.3 is 4.90 Å². The monoisotopic (exact) mass is 482 g/mol. The number of amides is 1. The molecule has 0 spiro atoms. The topological polar surface area (TPSA) is 57.7 Å². The molecule has 0 aromatic heterocycles. The molecule has 3 aromatic carbocycles. The highest BCUT2D eigenvalue weighted by Gasteiger charge is 2.30. The van der Waals surface area contributed by atoms with Gasteiger partial charge in [-0.3, -0.25) is 9.10 Å². The molecule has 1 aliphatic rings. The summed E-state index contributed by atoms with van der Waals surface area (Å²) in [7, 11) is -3.94. The van der Waals surface area contributed by atoms with Crippen molar-refractivity contribution in [3.05, 3.63) is 94.5 Å². The molecule has 0 atom stereocenters. The number of para-hydroxylation sites is 1. The highest BCUT2D eigenvalue weighted by atomic mass is 35.5. The summed E-state index contributed by atoms with van der Waals surface area (Å²) < 4.78 is 29.0. The molecule has 1 saturated heterocycles. The van der Waals surface area contributed by atoms with Crippen LogP contribution in [0.25, 0.3) is 0 Å². The summed E-state index contributed by atoms with van der Waals surface area (Å²) in [5.74, 6) is -0.134. The van der Waals surface area contributed by atoms with Crippen LogP contribution in [0.15, 0.2) is 77.7 Å². The fourth-order valence-electron chi connectivity index (χ4n) is 4.03. The van der Waals surface area contributed by atoms with Crippen molar-refractivity contribution >= 4 is 33.2 Å². The Bertz CT molecular complexity index is 1220. The number of nitrogens with zero attached hydrogens (tertiary/aromatic N) is 2. The first-order valence-corrected chi connectivity index (χ1v) is 12.9. The van der Waals surface area contributed by atoms with E-state index in [-0.39, 0.29) is 17.3 Å². The number of likely N-dealkylation sites (tertiary alicyclic amines) is 1. The van der Waals surface area contributed by atoms with Crippen molar-refractivity contribution in [1.82, 2.24) is 4.90 Å². The van der Waals surface area contributed by atoms with Crippen molar-refractivity contribution in [2.45, 2.75) is 37.6 Å². The minimum Gasteiger partial charge on any atom is -0.339 e. The number of hydrogen-bond acceptors (Lipinski definition) is 3. The Morgan fingerprint density at radius 1 is 0.909 bits per heavy atom. The van der Waals surface area contributed by atoms with Gasteiger partial charge in [0.2, 0.25) is 0 Å². The van der Waals surface area contributed by atoms with E-state index in [2.05, 4.69) is 0 Å². The second-order valence-electron chi connectivity index (χ2n) is 8.32. The van der Waals surface area contributed by atoms with E-state index in [1.807, 2.05) is 11.8 Å². The van der Waals surface area contributed by atoms with Crippen LogP contribution < -0.4 is 4.31 Å². The number of piperidine rings is 1. The van der Waals surface area contributed by atoms with E-state index in [9.17, 15) is 13.2 Å². The van der Waals surface area contributed by atoms with Crippen LogP contribution in [0.5, 0.6) is 0 Å². The van der Waals surface area contributed by atoms with Crippen molar-refractivity contribution in [1.29, 1.82) is 0 Å². The van der Waals surface area contributed by atoms with Gasteiger partial charge in [-0.05, 0) is 68.1 Å². The quantitative estimate of drug-likeness (QED) is 0.454. The van der Waals surface area contributed by atoms with Gasteiger partial charge in [0.15, 0.2) is 0 Å². The zero-order valence-corrected chi connectivity index (χ0v) is 20.1. The van der Waals surface area contributed by atoms with Crippen LogP contribution in [0.3, 0.4) is 0 Å². The third-order valence-electron chi connectivity index (χ3n) is 5.89. The molecule has 0 aliphatic carbocycles. The van der Waals surface area contributed by atoms with Gasteiger partial charge in [-0.25, -0.2) is 8.42 Å². The molecule has 1 aliphatic heterocycles. The average Bonchev–Trinajstić information content (AvgIpc) is 2.84. The predicted molar refractivity (Wildman–Crippen MR) is 132 cm³/mol. The summed E-state index contributed by atoms with van der Waals surface area (Å²) in [5.41, 5.74) is 2.52. The second-order valence-corrected chi connectivity index (χ2v) is 10.6. The average molecular weight is 483 g/mol. The maximum atomic E-state index is 13.8. The third kappa shape index (κ3) is 5.23. The molecule has 0 bridgehead atoms. The van der Waals surface area contributed by atoms with Crippen molar-refractivity contribution < 1.29 is 13.2 Å². The number of halogens is 1. The molecule has 3 aromatic rings. The van der Waals surface area contributed by atoms with Gasteiger partial charge in [-0.2, -0.15) is 0 Å². The number of hydrogen-bond donors (Lipinski definition) is 0. The van der Waals surface area contributed by atoms with Crippen molar-refractivity contribution in [2.24, 2.45) is 0 Å². The first-order valence-electron chi connectivity index (χ1n) is 11.1. The van der Waals surface area contributed by atoms with Crippen LogP contribution in [0, 0.1) is 6.92 Å². The number of aryl methyl sites for hydroxylation is 1. The van der Waals surface area contributed by atoms with Crippen LogP contribution in [0.2, 0.25) is 5.02 Å². The van der Waals surface area contributed by atoms with Gasteiger partial charge in [0.05, 0.1) is 22.7 Å². The summed E-state index contributed by atoms with van der Waals surface area (Å²) in [6.45, 7) is 3.37. The van der Waals surface area contributed by atoms with E-state index in [1.165, 1.54) is 4.31 Å². The normalized spacial score (nSPS) is 14.2. The molecular formula is C26H27ClN2O3S. The van der Waals surface area contributed by atoms with Crippen LogP contribution in [0.4, 0.5) is 5.69 Å². The number of benzene rings is 3. The van der Waals surface area contributed by atoms with E-state index in [0.29, 0.717) is 29.4 Å². The third-order valence-corrected chi connectivity index (χ3v) is 7.92. The number of sulfonamides is 1. The molecule has 5 nitrogen and oxygen atoms in total. The molecule has 0 radical (unpaired) electrons. The van der Waals surface area contributed by atoms with E-state index >= 15 is 0 Å². The number of anilines is 1. The first kappa shape index (κ1) is 23.3. The van der Waals surface area contributed by atoms with Crippen molar-refractivity contribution in [3.63, 3.8) is 0 Å². The summed E-state index contributed by atoms with van der Waals surface area (Å²) in [6.07, 6.45) is 3.03. The molecule has 1 fully saturated rings. The predicted octanol–water partition coefficient (Wildman–Crippen LogP) is 5.67. The molecule has 172 valence electrons. The van der Waals surface area contributed by atoms with E-state index < -0.39 is 10.0 Å². The Morgan fingerprint density at radius 2 is 1.55 bits per heavy atom. The fraction of sp³-hybridized carbons (Fsp3) is 0.269. The summed E-state index contributed by atoms with van der Waals surface area (Å²) in [6, 6.07) is 20.8. The van der Waals surface area contributed by atoms with Crippen molar-refractivity contribution in [3.8, 4) is 0 Å². The minimum atomic E-state index is -3.94. The Morgan fingerprint density at radius 3 is 2.21 bits per heavy atom. The van der Waals surface area contributed by atoms with E-state index in [1.54, 1.807) is 72.8 Å². The SMILES string of the molecule is Cc1ccc(S(=O)(=O)N(Cc2ccc(Cl)cc2)c2ccccc2C(=O)N2CCCCC2)cc1. The van der Waals surface area contributed by atoms with E-state index in [4.69, 9.17) is 11.6 Å². The van der Waals surface area contributed by atoms with E-state index in [0.717, 1.165) is 30.4 Å². The lowest BCUT2D eigenvalue weighted by Crippen LogP contribution is -2.38. The lowest BCUT2D eigenvalue weighted by atomic mass is 10.1. The second kappa shape index (κ2) is 9.98. The zero-order chi connectivity index (χ0) is 23.4. The maximum Gasteiger partial charge on any atom is 0.264 e. The first-order chi connectivity index (χ1) is 15.9. The Kier molecular flexibility index (Phi) is 7.05. The molecular weight excluding hydrogens is 456 g/mol. The van der Waals surface area contributed by atoms with Crippen LogP contribution in [-0.2, 0) is 16.6 Å². The highest BCUT2D eigenvalue weighted by molar-refractivity contribution is 7.92. The molecule has 33 heavy (non-hydrogen) atoms. The molecule has 1 heterocycles. The van der Waals surface area contributed by atoms with Gasteiger partial charge in [0, 0.05) is 18.1 Å². The molecule has 0 N–H and O–H groups in total. The lowest BCUT2D eigenvalue weighted by Gasteiger charge is -2.30. The molecule has 4 rings (SSSR count). The zero-order valence-electron chi connectivity index (χ0n) is 18.6. The van der Waals surface area contributed by atoms with Crippen LogP contribution >= 0.6 is 11.6 Å². The number of rotatable bonds is 6. The summed E-state index contributed by atoms with van der Waals surface area (Å²) in [5, 5.41) is 0.576. The van der Waals surface area contributed by atoms with Crippen LogP contribution in [-0.4, -0.2) is 32.3 Å². The fourth-order valence-corrected chi connectivity index (χ4v) is 5.63.